The molecule has 206 valence electrons. The van der Waals surface area contributed by atoms with E-state index in [2.05, 4.69) is 51.3 Å². The molecular weight excluding hydrogens is 489 g/mol. The average Bonchev–Trinajstić information content (AvgIpc) is 2.87. The Hall–Kier alpha value is -3.67. The molecule has 5 nitrogen and oxygen atoms in total. The second-order valence-electron chi connectivity index (χ2n) is 11.9. The van der Waals surface area contributed by atoms with E-state index < -0.39 is 17.8 Å². The third-order valence-corrected chi connectivity index (χ3v) is 7.34. The highest BCUT2D eigenvalue weighted by atomic mass is 19.1. The fraction of sp³-hybridized carbons (Fsp3) is 0.394. The van der Waals surface area contributed by atoms with Gasteiger partial charge >= 0.3 is 0 Å². The minimum Gasteiger partial charge on any atom is -0.383 e. The Labute approximate surface area is 231 Å². The van der Waals surface area contributed by atoms with Crippen LogP contribution < -0.4 is 10.6 Å². The zero-order valence-corrected chi connectivity index (χ0v) is 23.8. The second-order valence-corrected chi connectivity index (χ2v) is 11.9. The molecule has 3 aromatic rings. The van der Waals surface area contributed by atoms with Gasteiger partial charge in [0.15, 0.2) is 0 Å². The molecule has 2 amide bonds. The zero-order chi connectivity index (χ0) is 28.3. The first kappa shape index (κ1) is 28.3. The van der Waals surface area contributed by atoms with Gasteiger partial charge in [-0.2, -0.15) is 0 Å². The quantitative estimate of drug-likeness (QED) is 0.348. The third-order valence-electron chi connectivity index (χ3n) is 7.34. The number of carbonyl (C=O) groups is 2. The van der Waals surface area contributed by atoms with Gasteiger partial charge in [0, 0.05) is 24.0 Å². The fourth-order valence-corrected chi connectivity index (χ4v) is 5.40. The van der Waals surface area contributed by atoms with Crippen LogP contribution in [0.4, 0.5) is 15.8 Å². The van der Waals surface area contributed by atoms with E-state index in [4.69, 9.17) is 0 Å². The van der Waals surface area contributed by atoms with Gasteiger partial charge in [-0.15, -0.1) is 0 Å². The number of amides is 2. The van der Waals surface area contributed by atoms with Gasteiger partial charge in [0.05, 0.1) is 17.5 Å². The number of carbonyl (C=O) groups excluding carboxylic acids is 2. The Balaban J connectivity index is 1.74. The molecule has 1 fully saturated rings. The van der Waals surface area contributed by atoms with Crippen molar-refractivity contribution >= 4 is 23.2 Å². The van der Waals surface area contributed by atoms with Crippen molar-refractivity contribution in [3.63, 3.8) is 0 Å². The number of benzene rings is 3. The summed E-state index contributed by atoms with van der Waals surface area (Å²) >= 11 is 0. The number of likely N-dealkylation sites (tertiary alicyclic amines) is 1. The molecule has 0 spiro atoms. The van der Waals surface area contributed by atoms with E-state index in [1.807, 2.05) is 42.5 Å². The highest BCUT2D eigenvalue weighted by Gasteiger charge is 2.40. The Kier molecular flexibility index (Phi) is 8.43. The zero-order valence-electron chi connectivity index (χ0n) is 23.8. The van der Waals surface area contributed by atoms with Crippen molar-refractivity contribution < 1.29 is 14.0 Å². The fourth-order valence-electron chi connectivity index (χ4n) is 5.40. The summed E-state index contributed by atoms with van der Waals surface area (Å²) in [4.78, 5) is 29.5. The maximum Gasteiger partial charge on any atom is 0.257 e. The van der Waals surface area contributed by atoms with Crippen LogP contribution in [0.2, 0.25) is 0 Å². The minimum atomic E-state index is -0.542. The smallest absolute Gasteiger partial charge is 0.257 e. The summed E-state index contributed by atoms with van der Waals surface area (Å²) in [6, 6.07) is 20.1. The molecular formula is C33H40FN3O2. The van der Waals surface area contributed by atoms with Crippen LogP contribution in [0, 0.1) is 18.7 Å². The van der Waals surface area contributed by atoms with Crippen LogP contribution in [0.5, 0.6) is 0 Å². The van der Waals surface area contributed by atoms with E-state index in [1.54, 1.807) is 24.0 Å². The molecule has 39 heavy (non-hydrogen) atoms. The van der Waals surface area contributed by atoms with Crippen LogP contribution >= 0.6 is 0 Å². The molecule has 6 heteroatoms. The standard InChI is InChI=1S/C33H40FN3O2/c1-21(2)35-25-14-8-12-23(19-25)30-27(31(38)36-26-15-9-13-24(20-26)33(4,5)6)16-10-18-37(30)32(39)29-22(3)11-7-17-28(29)34/h7-9,11-15,17,19-21,27,30,35H,10,16,18H2,1-6H3,(H,36,38)/t27-,30-/m0/s1. The van der Waals surface area contributed by atoms with Crippen LogP contribution in [0.1, 0.15) is 80.6 Å². The van der Waals surface area contributed by atoms with Crippen molar-refractivity contribution in [3.8, 4) is 0 Å². The summed E-state index contributed by atoms with van der Waals surface area (Å²) in [5.74, 6) is -1.57. The Morgan fingerprint density at radius 1 is 0.974 bits per heavy atom. The number of anilines is 2. The Morgan fingerprint density at radius 3 is 2.36 bits per heavy atom. The van der Waals surface area contributed by atoms with Gasteiger partial charge in [-0.25, -0.2) is 4.39 Å². The van der Waals surface area contributed by atoms with E-state index in [0.717, 1.165) is 22.5 Å². The van der Waals surface area contributed by atoms with Gasteiger partial charge in [0.25, 0.3) is 5.91 Å². The van der Waals surface area contributed by atoms with Crippen LogP contribution in [0.15, 0.2) is 66.7 Å². The molecule has 4 rings (SSSR count). The molecule has 0 aromatic heterocycles. The number of aryl methyl sites for hydroxylation is 1. The summed E-state index contributed by atoms with van der Waals surface area (Å²) in [5.41, 5.74) is 4.22. The van der Waals surface area contributed by atoms with Gasteiger partial charge in [-0.05, 0) is 86.1 Å². The van der Waals surface area contributed by atoms with Crippen molar-refractivity contribution in [2.24, 2.45) is 5.92 Å². The lowest BCUT2D eigenvalue weighted by Crippen LogP contribution is -2.46. The van der Waals surface area contributed by atoms with Gasteiger partial charge in [0.1, 0.15) is 5.82 Å². The van der Waals surface area contributed by atoms with Crippen LogP contribution in [-0.2, 0) is 10.2 Å². The van der Waals surface area contributed by atoms with Gasteiger partial charge in [-0.1, -0.05) is 57.2 Å². The van der Waals surface area contributed by atoms with Crippen LogP contribution in [0.25, 0.3) is 0 Å². The predicted octanol–water partition coefficient (Wildman–Crippen LogP) is 7.48. The number of halogens is 1. The molecule has 3 aromatic carbocycles. The molecule has 0 aliphatic carbocycles. The summed E-state index contributed by atoms with van der Waals surface area (Å²) in [5, 5.41) is 6.54. The highest BCUT2D eigenvalue weighted by molar-refractivity contribution is 5.98. The molecule has 1 heterocycles. The van der Waals surface area contributed by atoms with E-state index in [9.17, 15) is 14.0 Å². The number of nitrogens with zero attached hydrogens (tertiary/aromatic N) is 1. The number of nitrogens with one attached hydrogen (secondary N) is 2. The van der Waals surface area contributed by atoms with E-state index >= 15 is 0 Å². The van der Waals surface area contributed by atoms with Gasteiger partial charge in [-0.3, -0.25) is 9.59 Å². The molecule has 0 bridgehead atoms. The molecule has 0 unspecified atom stereocenters. The third kappa shape index (κ3) is 6.49. The molecule has 1 saturated heterocycles. The first-order valence-corrected chi connectivity index (χ1v) is 13.8. The predicted molar refractivity (Wildman–Crippen MR) is 157 cm³/mol. The van der Waals surface area contributed by atoms with Crippen molar-refractivity contribution in [1.29, 1.82) is 0 Å². The molecule has 1 aliphatic heterocycles. The van der Waals surface area contributed by atoms with E-state index in [1.165, 1.54) is 6.07 Å². The minimum absolute atomic E-state index is 0.0567. The summed E-state index contributed by atoms with van der Waals surface area (Å²) < 4.78 is 14.9. The first-order valence-electron chi connectivity index (χ1n) is 13.8. The normalized spacial score (nSPS) is 17.7. The monoisotopic (exact) mass is 529 g/mol. The molecule has 1 aliphatic rings. The maximum absolute atomic E-state index is 14.9. The topological polar surface area (TPSA) is 61.4 Å². The Morgan fingerprint density at radius 2 is 1.67 bits per heavy atom. The average molecular weight is 530 g/mol. The SMILES string of the molecule is Cc1cccc(F)c1C(=O)N1CCC[C@H](C(=O)Nc2cccc(C(C)(C)C)c2)[C@@H]1c1cccc(NC(C)C)c1. The van der Waals surface area contributed by atoms with Gasteiger partial charge in [0.2, 0.25) is 5.91 Å². The lowest BCUT2D eigenvalue weighted by Gasteiger charge is -2.41. The number of piperidine rings is 1. The Bertz CT molecular complexity index is 1320. The number of hydrogen-bond acceptors (Lipinski definition) is 3. The number of hydrogen-bond donors (Lipinski definition) is 2. The van der Waals surface area contributed by atoms with Gasteiger partial charge < -0.3 is 15.5 Å². The van der Waals surface area contributed by atoms with Crippen LogP contribution in [0.3, 0.4) is 0 Å². The summed E-state index contributed by atoms with van der Waals surface area (Å²) in [7, 11) is 0. The van der Waals surface area contributed by atoms with Crippen molar-refractivity contribution in [3.05, 3.63) is 94.8 Å². The van der Waals surface area contributed by atoms with E-state index in [0.29, 0.717) is 24.9 Å². The summed E-state index contributed by atoms with van der Waals surface area (Å²) in [6.45, 7) is 12.7. The molecule has 2 atom stereocenters. The lowest BCUT2D eigenvalue weighted by atomic mass is 9.83. The molecule has 0 radical (unpaired) electrons. The molecule has 2 N–H and O–H groups in total. The van der Waals surface area contributed by atoms with Crippen molar-refractivity contribution in [2.45, 2.75) is 71.9 Å². The summed E-state index contributed by atoms with van der Waals surface area (Å²) in [6.07, 6.45) is 1.27. The first-order chi connectivity index (χ1) is 18.5. The van der Waals surface area contributed by atoms with E-state index in [-0.39, 0.29) is 28.8 Å². The lowest BCUT2D eigenvalue weighted by molar-refractivity contribution is -0.123. The van der Waals surface area contributed by atoms with Crippen molar-refractivity contribution in [1.82, 2.24) is 4.90 Å². The largest absolute Gasteiger partial charge is 0.383 e. The maximum atomic E-state index is 14.9. The highest BCUT2D eigenvalue weighted by Crippen LogP contribution is 2.39. The second kappa shape index (κ2) is 11.6. The number of rotatable bonds is 6. The molecule has 0 saturated carbocycles. The van der Waals surface area contributed by atoms with Crippen LogP contribution in [-0.4, -0.2) is 29.3 Å². The van der Waals surface area contributed by atoms with Crippen molar-refractivity contribution in [2.75, 3.05) is 17.2 Å².